The maximum absolute atomic E-state index is 12.5. The zero-order valence-electron chi connectivity index (χ0n) is 16.4. The van der Waals surface area contributed by atoms with Gasteiger partial charge in [-0.25, -0.2) is 4.98 Å². The molecule has 0 aliphatic carbocycles. The van der Waals surface area contributed by atoms with Crippen molar-refractivity contribution < 1.29 is 9.47 Å². The van der Waals surface area contributed by atoms with Gasteiger partial charge in [-0.1, -0.05) is 12.1 Å². The largest absolute Gasteiger partial charge is 0.497 e. The summed E-state index contributed by atoms with van der Waals surface area (Å²) in [4.78, 5) is 22.6. The SMILES string of the molecule is COc1ccc(OC)c([C@H]2CCCN2[C@H](C)c2nc3ccccc3c(=O)[nH]2)c1. The molecule has 1 saturated heterocycles. The van der Waals surface area contributed by atoms with Crippen LogP contribution in [0.15, 0.2) is 47.3 Å². The fourth-order valence-electron chi connectivity index (χ4n) is 4.15. The van der Waals surface area contributed by atoms with E-state index in [0.29, 0.717) is 11.2 Å². The standard InChI is InChI=1S/C22H25N3O3/c1-14(21-23-18-8-5-4-7-16(18)22(26)24-21)25-12-6-9-19(25)17-13-15(27-2)10-11-20(17)28-3/h4-5,7-8,10-11,13-14,19H,6,9,12H2,1-3H3,(H,23,24,26)/t14-,19-/m1/s1. The van der Waals surface area contributed by atoms with Crippen molar-refractivity contribution >= 4 is 10.9 Å². The molecule has 0 bridgehead atoms. The predicted molar refractivity (Wildman–Crippen MR) is 109 cm³/mol. The van der Waals surface area contributed by atoms with Crippen molar-refractivity contribution in [2.45, 2.75) is 31.8 Å². The van der Waals surface area contributed by atoms with Crippen LogP contribution in [0.2, 0.25) is 0 Å². The molecule has 3 aromatic rings. The van der Waals surface area contributed by atoms with Crippen LogP contribution in [0.4, 0.5) is 0 Å². The summed E-state index contributed by atoms with van der Waals surface area (Å²) >= 11 is 0. The van der Waals surface area contributed by atoms with E-state index in [2.05, 4.69) is 16.8 Å². The first-order chi connectivity index (χ1) is 13.6. The number of ether oxygens (including phenoxy) is 2. The Morgan fingerprint density at radius 1 is 1.18 bits per heavy atom. The lowest BCUT2D eigenvalue weighted by Crippen LogP contribution is -2.29. The number of rotatable bonds is 5. The Morgan fingerprint density at radius 3 is 2.79 bits per heavy atom. The van der Waals surface area contributed by atoms with Gasteiger partial charge in [0.2, 0.25) is 0 Å². The molecular formula is C22H25N3O3. The molecule has 2 heterocycles. The average molecular weight is 379 g/mol. The summed E-state index contributed by atoms with van der Waals surface area (Å²) in [7, 11) is 3.36. The van der Waals surface area contributed by atoms with E-state index in [1.165, 1.54) is 0 Å². The number of methoxy groups -OCH3 is 2. The molecule has 0 saturated carbocycles. The zero-order valence-corrected chi connectivity index (χ0v) is 16.4. The van der Waals surface area contributed by atoms with Crippen molar-refractivity contribution in [1.29, 1.82) is 0 Å². The van der Waals surface area contributed by atoms with E-state index >= 15 is 0 Å². The van der Waals surface area contributed by atoms with Gasteiger partial charge in [-0.05, 0) is 56.6 Å². The summed E-state index contributed by atoms with van der Waals surface area (Å²) in [6, 6.07) is 13.5. The number of aromatic nitrogens is 2. The molecule has 6 nitrogen and oxygen atoms in total. The fraction of sp³-hybridized carbons (Fsp3) is 0.364. The molecule has 28 heavy (non-hydrogen) atoms. The highest BCUT2D eigenvalue weighted by atomic mass is 16.5. The molecule has 1 N–H and O–H groups in total. The number of fused-ring (bicyclic) bond motifs is 1. The van der Waals surface area contributed by atoms with Crippen molar-refractivity contribution in [2.75, 3.05) is 20.8 Å². The number of hydrogen-bond acceptors (Lipinski definition) is 5. The zero-order chi connectivity index (χ0) is 19.7. The van der Waals surface area contributed by atoms with Gasteiger partial charge in [-0.15, -0.1) is 0 Å². The van der Waals surface area contributed by atoms with Gasteiger partial charge in [0, 0.05) is 11.6 Å². The van der Waals surface area contributed by atoms with E-state index in [4.69, 9.17) is 14.5 Å². The summed E-state index contributed by atoms with van der Waals surface area (Å²) in [6.45, 7) is 3.03. The number of hydrogen-bond donors (Lipinski definition) is 1. The Kier molecular flexibility index (Phi) is 5.05. The van der Waals surface area contributed by atoms with Crippen LogP contribution in [-0.4, -0.2) is 35.6 Å². The van der Waals surface area contributed by atoms with Crippen LogP contribution in [0.1, 0.15) is 43.2 Å². The number of aromatic amines is 1. The molecule has 0 spiro atoms. The lowest BCUT2D eigenvalue weighted by Gasteiger charge is -2.31. The van der Waals surface area contributed by atoms with Gasteiger partial charge in [0.15, 0.2) is 0 Å². The second-order valence-electron chi connectivity index (χ2n) is 7.15. The third-order valence-electron chi connectivity index (χ3n) is 5.61. The average Bonchev–Trinajstić information content (AvgIpc) is 3.22. The summed E-state index contributed by atoms with van der Waals surface area (Å²) < 4.78 is 11.0. The van der Waals surface area contributed by atoms with Crippen LogP contribution < -0.4 is 15.0 Å². The van der Waals surface area contributed by atoms with Gasteiger partial charge < -0.3 is 14.5 Å². The third-order valence-corrected chi connectivity index (χ3v) is 5.61. The first kappa shape index (κ1) is 18.5. The smallest absolute Gasteiger partial charge is 0.258 e. The number of nitrogens with one attached hydrogen (secondary N) is 1. The molecule has 2 aromatic carbocycles. The quantitative estimate of drug-likeness (QED) is 0.730. The predicted octanol–water partition coefficient (Wildman–Crippen LogP) is 3.84. The summed E-state index contributed by atoms with van der Waals surface area (Å²) in [5.41, 5.74) is 1.74. The summed E-state index contributed by atoms with van der Waals surface area (Å²) in [5.74, 6) is 2.36. The maximum Gasteiger partial charge on any atom is 0.258 e. The molecule has 1 aromatic heterocycles. The molecule has 1 fully saturated rings. The van der Waals surface area contributed by atoms with Gasteiger partial charge in [-0.2, -0.15) is 0 Å². The van der Waals surface area contributed by atoms with Crippen LogP contribution in [-0.2, 0) is 0 Å². The van der Waals surface area contributed by atoms with E-state index < -0.39 is 0 Å². The van der Waals surface area contributed by atoms with Gasteiger partial charge in [0.05, 0.1) is 31.2 Å². The second-order valence-corrected chi connectivity index (χ2v) is 7.15. The number of para-hydroxylation sites is 1. The minimum absolute atomic E-state index is 0.0271. The van der Waals surface area contributed by atoms with Crippen molar-refractivity contribution in [3.05, 3.63) is 64.2 Å². The molecule has 1 aliphatic rings. The van der Waals surface area contributed by atoms with E-state index in [0.717, 1.165) is 42.0 Å². The van der Waals surface area contributed by atoms with Gasteiger partial charge >= 0.3 is 0 Å². The molecule has 1 aliphatic heterocycles. The van der Waals surface area contributed by atoms with Gasteiger partial charge in [0.25, 0.3) is 5.56 Å². The molecule has 4 rings (SSSR count). The lowest BCUT2D eigenvalue weighted by molar-refractivity contribution is 0.183. The first-order valence-electron chi connectivity index (χ1n) is 9.59. The molecule has 6 heteroatoms. The highest BCUT2D eigenvalue weighted by molar-refractivity contribution is 5.77. The maximum atomic E-state index is 12.5. The van der Waals surface area contributed by atoms with Crippen molar-refractivity contribution in [2.24, 2.45) is 0 Å². The Hall–Kier alpha value is -2.86. The highest BCUT2D eigenvalue weighted by Crippen LogP contribution is 2.42. The fourth-order valence-corrected chi connectivity index (χ4v) is 4.15. The van der Waals surface area contributed by atoms with Crippen LogP contribution in [0.25, 0.3) is 10.9 Å². The Balaban J connectivity index is 1.72. The van der Waals surface area contributed by atoms with Gasteiger partial charge in [-0.3, -0.25) is 9.69 Å². The number of benzene rings is 2. The van der Waals surface area contributed by atoms with E-state index in [1.54, 1.807) is 20.3 Å². The lowest BCUT2D eigenvalue weighted by atomic mass is 10.0. The normalized spacial score (nSPS) is 18.3. The van der Waals surface area contributed by atoms with Crippen LogP contribution >= 0.6 is 0 Å². The first-order valence-corrected chi connectivity index (χ1v) is 9.59. The molecule has 0 amide bonds. The van der Waals surface area contributed by atoms with Crippen molar-refractivity contribution in [3.8, 4) is 11.5 Å². The number of H-pyrrole nitrogens is 1. The molecule has 0 unspecified atom stereocenters. The molecule has 146 valence electrons. The summed E-state index contributed by atoms with van der Waals surface area (Å²) in [6.07, 6.45) is 2.10. The number of nitrogens with zero attached hydrogens (tertiary/aromatic N) is 2. The van der Waals surface area contributed by atoms with Gasteiger partial charge in [0.1, 0.15) is 17.3 Å². The Labute approximate surface area is 164 Å². The highest BCUT2D eigenvalue weighted by Gasteiger charge is 2.33. The monoisotopic (exact) mass is 379 g/mol. The second kappa shape index (κ2) is 7.64. The number of likely N-dealkylation sites (tertiary alicyclic amines) is 1. The molecule has 0 radical (unpaired) electrons. The minimum atomic E-state index is -0.0952. The Morgan fingerprint density at radius 2 is 2.00 bits per heavy atom. The topological polar surface area (TPSA) is 67.5 Å². The van der Waals surface area contributed by atoms with E-state index in [1.807, 2.05) is 36.4 Å². The third kappa shape index (κ3) is 3.24. The van der Waals surface area contributed by atoms with Crippen LogP contribution in [0.3, 0.4) is 0 Å². The van der Waals surface area contributed by atoms with E-state index in [9.17, 15) is 4.79 Å². The minimum Gasteiger partial charge on any atom is -0.497 e. The molecule has 2 atom stereocenters. The summed E-state index contributed by atoms with van der Waals surface area (Å²) in [5, 5.41) is 0.617. The van der Waals surface area contributed by atoms with Crippen molar-refractivity contribution in [3.63, 3.8) is 0 Å². The molecular weight excluding hydrogens is 354 g/mol. The Bertz CT molecular complexity index is 1050. The van der Waals surface area contributed by atoms with E-state index in [-0.39, 0.29) is 17.6 Å². The van der Waals surface area contributed by atoms with Crippen LogP contribution in [0.5, 0.6) is 11.5 Å². The van der Waals surface area contributed by atoms with Crippen LogP contribution in [0, 0.1) is 0 Å². The van der Waals surface area contributed by atoms with Crippen molar-refractivity contribution in [1.82, 2.24) is 14.9 Å².